The molecule has 0 spiro atoms. The highest BCUT2D eigenvalue weighted by molar-refractivity contribution is 5.12. The van der Waals surface area contributed by atoms with Crippen molar-refractivity contribution < 1.29 is 14.0 Å². The Morgan fingerprint density at radius 1 is 1.47 bits per heavy atom. The molecule has 0 amide bonds. The van der Waals surface area contributed by atoms with Crippen LogP contribution in [0.3, 0.4) is 0 Å². The van der Waals surface area contributed by atoms with Gasteiger partial charge >= 0.3 is 0 Å². The minimum atomic E-state index is -0.397. The third-order valence-electron chi connectivity index (χ3n) is 4.01. The molecule has 0 bridgehead atoms. The molecule has 3 atom stereocenters. The molecule has 2 aliphatic rings. The van der Waals surface area contributed by atoms with E-state index >= 15 is 0 Å². The van der Waals surface area contributed by atoms with E-state index in [0.717, 1.165) is 13.1 Å². The van der Waals surface area contributed by atoms with E-state index in [0.29, 0.717) is 31.5 Å². The van der Waals surface area contributed by atoms with Gasteiger partial charge in [-0.15, -0.1) is 0 Å². The minimum absolute atomic E-state index is 0.115. The molecule has 2 aliphatic heterocycles. The number of aromatic nitrogens is 2. The number of nitrogens with zero attached hydrogens (tertiary/aromatic N) is 3. The van der Waals surface area contributed by atoms with Crippen molar-refractivity contribution in [3.05, 3.63) is 11.7 Å². The molecule has 3 rings (SSSR count). The van der Waals surface area contributed by atoms with Crippen molar-refractivity contribution >= 4 is 0 Å². The van der Waals surface area contributed by atoms with Gasteiger partial charge < -0.3 is 24.6 Å². The van der Waals surface area contributed by atoms with Gasteiger partial charge in [-0.2, -0.15) is 4.98 Å². The van der Waals surface area contributed by atoms with E-state index in [1.165, 1.54) is 0 Å². The number of ether oxygens (including phenoxy) is 2. The van der Waals surface area contributed by atoms with Crippen LogP contribution in [0.2, 0.25) is 0 Å². The van der Waals surface area contributed by atoms with Gasteiger partial charge in [-0.1, -0.05) is 5.16 Å². The highest BCUT2D eigenvalue weighted by Gasteiger charge is 2.44. The van der Waals surface area contributed by atoms with Crippen molar-refractivity contribution in [3.8, 4) is 0 Å². The lowest BCUT2D eigenvalue weighted by atomic mass is 9.86. The Morgan fingerprint density at radius 2 is 2.32 bits per heavy atom. The highest BCUT2D eigenvalue weighted by Crippen LogP contribution is 2.31. The van der Waals surface area contributed by atoms with Crippen LogP contribution in [0.4, 0.5) is 0 Å². The maximum atomic E-state index is 6.06. The van der Waals surface area contributed by atoms with E-state index in [2.05, 4.69) is 22.1 Å². The van der Waals surface area contributed by atoms with Crippen LogP contribution in [-0.4, -0.2) is 61.0 Å². The largest absolute Gasteiger partial charge is 0.379 e. The fraction of sp³-hybridized carbons (Fsp3) is 0.833. The standard InChI is InChI=1S/C12H20N4O3/c1-12(7-17-6-9(12)13)11-14-10(15-19-11)8-5-16(2)3-4-18-8/h8-9H,3-7,13H2,1-2H3. The van der Waals surface area contributed by atoms with Crippen LogP contribution in [0.1, 0.15) is 24.7 Å². The summed E-state index contributed by atoms with van der Waals surface area (Å²) >= 11 is 0. The Kier molecular flexibility index (Phi) is 3.30. The summed E-state index contributed by atoms with van der Waals surface area (Å²) in [7, 11) is 2.05. The minimum Gasteiger partial charge on any atom is -0.379 e. The van der Waals surface area contributed by atoms with Crippen molar-refractivity contribution in [1.82, 2.24) is 15.0 Å². The lowest BCUT2D eigenvalue weighted by Crippen LogP contribution is -2.42. The zero-order valence-electron chi connectivity index (χ0n) is 11.3. The molecule has 19 heavy (non-hydrogen) atoms. The first-order valence-corrected chi connectivity index (χ1v) is 6.57. The summed E-state index contributed by atoms with van der Waals surface area (Å²) in [4.78, 5) is 6.67. The Morgan fingerprint density at radius 3 is 3.00 bits per heavy atom. The van der Waals surface area contributed by atoms with E-state index in [9.17, 15) is 0 Å². The Labute approximate surface area is 112 Å². The summed E-state index contributed by atoms with van der Waals surface area (Å²) in [6.07, 6.45) is -0.126. The number of hydrogen-bond donors (Lipinski definition) is 1. The molecule has 1 aromatic heterocycles. The molecule has 2 N–H and O–H groups in total. The maximum absolute atomic E-state index is 6.06. The smallest absolute Gasteiger partial charge is 0.236 e. The molecule has 3 unspecified atom stereocenters. The van der Waals surface area contributed by atoms with Crippen molar-refractivity contribution in [2.75, 3.05) is 40.0 Å². The molecule has 0 saturated carbocycles. The van der Waals surface area contributed by atoms with E-state index in [1.807, 2.05) is 6.92 Å². The fourth-order valence-electron chi connectivity index (χ4n) is 2.44. The van der Waals surface area contributed by atoms with E-state index < -0.39 is 5.41 Å². The molecule has 2 fully saturated rings. The predicted molar refractivity (Wildman–Crippen MR) is 66.6 cm³/mol. The Bertz CT molecular complexity index is 452. The highest BCUT2D eigenvalue weighted by atomic mass is 16.5. The van der Waals surface area contributed by atoms with E-state index in [4.69, 9.17) is 19.7 Å². The number of likely N-dealkylation sites (N-methyl/N-ethyl adjacent to an activating group) is 1. The third kappa shape index (κ3) is 2.27. The number of nitrogens with two attached hydrogens (primary N) is 1. The van der Waals surface area contributed by atoms with Gasteiger partial charge in [-0.25, -0.2) is 0 Å². The van der Waals surface area contributed by atoms with Crippen LogP contribution < -0.4 is 5.73 Å². The predicted octanol–water partition coefficient (Wildman–Crippen LogP) is -0.312. The van der Waals surface area contributed by atoms with Crippen LogP contribution in [0.15, 0.2) is 4.52 Å². The molecule has 0 aromatic carbocycles. The summed E-state index contributed by atoms with van der Waals surface area (Å²) in [6.45, 7) is 5.43. The van der Waals surface area contributed by atoms with Gasteiger partial charge in [0.1, 0.15) is 6.10 Å². The second-order valence-corrected chi connectivity index (χ2v) is 5.62. The van der Waals surface area contributed by atoms with Crippen molar-refractivity contribution in [3.63, 3.8) is 0 Å². The number of morpholine rings is 1. The maximum Gasteiger partial charge on any atom is 0.236 e. The first-order valence-electron chi connectivity index (χ1n) is 6.57. The summed E-state index contributed by atoms with van der Waals surface area (Å²) < 4.78 is 16.5. The molecule has 7 heteroatoms. The quantitative estimate of drug-likeness (QED) is 0.787. The van der Waals surface area contributed by atoms with Gasteiger partial charge in [-0.3, -0.25) is 0 Å². The normalized spacial score (nSPS) is 36.8. The molecule has 0 aliphatic carbocycles. The molecule has 7 nitrogen and oxygen atoms in total. The third-order valence-corrected chi connectivity index (χ3v) is 4.01. The van der Waals surface area contributed by atoms with Crippen molar-refractivity contribution in [2.45, 2.75) is 24.5 Å². The van der Waals surface area contributed by atoms with Gasteiger partial charge in [0.05, 0.1) is 25.2 Å². The van der Waals surface area contributed by atoms with Crippen molar-refractivity contribution in [2.24, 2.45) is 5.73 Å². The van der Waals surface area contributed by atoms with Crippen molar-refractivity contribution in [1.29, 1.82) is 0 Å². The van der Waals surface area contributed by atoms with Gasteiger partial charge in [0.25, 0.3) is 0 Å². The van der Waals surface area contributed by atoms with Crippen LogP contribution in [0.5, 0.6) is 0 Å². The molecule has 1 aromatic rings. The molecular formula is C12H20N4O3. The SMILES string of the molecule is CN1CCOC(c2noc(C3(C)COCC3N)n2)C1. The number of rotatable bonds is 2. The second kappa shape index (κ2) is 4.82. The molecule has 0 radical (unpaired) electrons. The van der Waals surface area contributed by atoms with Crippen LogP contribution in [-0.2, 0) is 14.9 Å². The molecule has 2 saturated heterocycles. The lowest BCUT2D eigenvalue weighted by molar-refractivity contribution is -0.0264. The zero-order chi connectivity index (χ0) is 13.5. The molecule has 106 valence electrons. The Balaban J connectivity index is 1.79. The van der Waals surface area contributed by atoms with Gasteiger partial charge in [0.15, 0.2) is 0 Å². The monoisotopic (exact) mass is 268 g/mol. The lowest BCUT2D eigenvalue weighted by Gasteiger charge is -2.28. The zero-order valence-corrected chi connectivity index (χ0v) is 11.3. The fourth-order valence-corrected chi connectivity index (χ4v) is 2.44. The van der Waals surface area contributed by atoms with Crippen LogP contribution >= 0.6 is 0 Å². The Hall–Kier alpha value is -1.02. The first-order chi connectivity index (χ1) is 9.09. The average Bonchev–Trinajstić information content (AvgIpc) is 2.99. The van der Waals surface area contributed by atoms with Crippen LogP contribution in [0, 0.1) is 0 Å². The molecular weight excluding hydrogens is 248 g/mol. The first kappa shape index (κ1) is 13.0. The van der Waals surface area contributed by atoms with E-state index in [1.54, 1.807) is 0 Å². The summed E-state index contributed by atoms with van der Waals surface area (Å²) in [5.41, 5.74) is 5.67. The average molecular weight is 268 g/mol. The summed E-state index contributed by atoms with van der Waals surface area (Å²) in [5, 5.41) is 4.05. The van der Waals surface area contributed by atoms with Gasteiger partial charge in [-0.05, 0) is 14.0 Å². The van der Waals surface area contributed by atoms with Crippen LogP contribution in [0.25, 0.3) is 0 Å². The number of hydrogen-bond acceptors (Lipinski definition) is 7. The topological polar surface area (TPSA) is 86.6 Å². The second-order valence-electron chi connectivity index (χ2n) is 5.62. The molecule has 3 heterocycles. The summed E-state index contributed by atoms with van der Waals surface area (Å²) in [5.74, 6) is 1.14. The van der Waals surface area contributed by atoms with Gasteiger partial charge in [0, 0.05) is 19.1 Å². The summed E-state index contributed by atoms with van der Waals surface area (Å²) in [6, 6.07) is -0.115. The van der Waals surface area contributed by atoms with Gasteiger partial charge in [0.2, 0.25) is 11.7 Å². The van der Waals surface area contributed by atoms with E-state index in [-0.39, 0.29) is 12.1 Å².